The molecule has 2 heterocycles. The summed E-state index contributed by atoms with van der Waals surface area (Å²) in [6.45, 7) is 1.15. The summed E-state index contributed by atoms with van der Waals surface area (Å²) >= 11 is 6.73. The van der Waals surface area contributed by atoms with Crippen LogP contribution in [0.1, 0.15) is 59.0 Å². The van der Waals surface area contributed by atoms with E-state index in [4.69, 9.17) is 11.6 Å². The van der Waals surface area contributed by atoms with Crippen LogP contribution in [0.15, 0.2) is 36.4 Å². The van der Waals surface area contributed by atoms with Gasteiger partial charge in [-0.1, -0.05) is 35.9 Å². The van der Waals surface area contributed by atoms with Gasteiger partial charge in [0.1, 0.15) is 5.69 Å². The molecule has 2 amide bonds. The molecular formula is C23H22ClN3O5. The van der Waals surface area contributed by atoms with Gasteiger partial charge in [0.25, 0.3) is 0 Å². The summed E-state index contributed by atoms with van der Waals surface area (Å²) in [4.78, 5) is 48.0. The van der Waals surface area contributed by atoms with E-state index in [0.717, 1.165) is 24.0 Å². The lowest BCUT2D eigenvalue weighted by Gasteiger charge is -2.34. The lowest BCUT2D eigenvalue weighted by Crippen LogP contribution is -2.39. The van der Waals surface area contributed by atoms with Crippen LogP contribution >= 0.6 is 11.6 Å². The minimum absolute atomic E-state index is 0.0645. The van der Waals surface area contributed by atoms with E-state index in [1.165, 1.54) is 6.07 Å². The van der Waals surface area contributed by atoms with Gasteiger partial charge in [0.05, 0.1) is 16.4 Å². The molecule has 32 heavy (non-hydrogen) atoms. The van der Waals surface area contributed by atoms with Gasteiger partial charge < -0.3 is 4.90 Å². The molecule has 9 heteroatoms. The topological polar surface area (TPSA) is 110 Å². The van der Waals surface area contributed by atoms with Gasteiger partial charge >= 0.3 is 5.69 Å². The molecule has 0 aliphatic carbocycles. The first-order valence-electron chi connectivity index (χ1n) is 10.5. The number of carbonyl (C=O) groups excluding carboxylic acids is 3. The highest BCUT2D eigenvalue weighted by atomic mass is 35.5. The van der Waals surface area contributed by atoms with Crippen LogP contribution < -0.4 is 10.2 Å². The molecule has 2 aromatic rings. The molecule has 0 saturated carbocycles. The molecule has 166 valence electrons. The summed E-state index contributed by atoms with van der Waals surface area (Å²) in [5, 5.41) is 14.5. The number of rotatable bonds is 5. The fraction of sp³-hybridized carbons (Fsp3) is 0.348. The Morgan fingerprint density at radius 2 is 1.75 bits per heavy atom. The molecule has 2 aromatic carbocycles. The van der Waals surface area contributed by atoms with Crippen LogP contribution in [0.4, 0.5) is 11.4 Å². The number of amides is 2. The summed E-state index contributed by atoms with van der Waals surface area (Å²) < 4.78 is 0. The zero-order valence-corrected chi connectivity index (χ0v) is 18.0. The number of imide groups is 1. The van der Waals surface area contributed by atoms with Crippen molar-refractivity contribution in [2.75, 3.05) is 18.0 Å². The first-order valence-corrected chi connectivity index (χ1v) is 10.9. The van der Waals surface area contributed by atoms with Crippen LogP contribution in [0.2, 0.25) is 5.02 Å². The zero-order chi connectivity index (χ0) is 22.8. The quantitative estimate of drug-likeness (QED) is 0.316. The minimum Gasteiger partial charge on any atom is -0.366 e. The Bertz CT molecular complexity index is 1100. The molecule has 2 fully saturated rings. The third-order valence-electron chi connectivity index (χ3n) is 6.30. The number of nitro groups is 1. The summed E-state index contributed by atoms with van der Waals surface area (Å²) in [5.41, 5.74) is 2.02. The van der Waals surface area contributed by atoms with Crippen molar-refractivity contribution in [2.24, 2.45) is 0 Å². The predicted molar refractivity (Wildman–Crippen MR) is 119 cm³/mol. The second-order valence-corrected chi connectivity index (χ2v) is 8.48. The highest BCUT2D eigenvalue weighted by Crippen LogP contribution is 2.40. The van der Waals surface area contributed by atoms with Crippen LogP contribution in [0, 0.1) is 10.1 Å². The molecule has 8 nitrogen and oxygen atoms in total. The summed E-state index contributed by atoms with van der Waals surface area (Å²) in [6, 6.07) is 10.4. The molecule has 4 rings (SSSR count). The lowest BCUT2D eigenvalue weighted by molar-refractivity contribution is -0.384. The number of halogens is 1. The van der Waals surface area contributed by atoms with Gasteiger partial charge in [-0.25, -0.2) is 0 Å². The van der Waals surface area contributed by atoms with Crippen molar-refractivity contribution in [2.45, 2.75) is 37.5 Å². The fourth-order valence-electron chi connectivity index (χ4n) is 4.67. The largest absolute Gasteiger partial charge is 0.366 e. The predicted octanol–water partition coefficient (Wildman–Crippen LogP) is 3.96. The second-order valence-electron chi connectivity index (χ2n) is 8.11. The van der Waals surface area contributed by atoms with Crippen LogP contribution in [-0.2, 0) is 9.59 Å². The third kappa shape index (κ3) is 4.10. The number of nitrogens with zero attached hydrogens (tertiary/aromatic N) is 2. The number of piperidine rings is 2. The number of hydrogen-bond donors (Lipinski definition) is 1. The van der Waals surface area contributed by atoms with Gasteiger partial charge in [-0.05, 0) is 48.4 Å². The van der Waals surface area contributed by atoms with Crippen molar-refractivity contribution in [3.8, 4) is 0 Å². The number of carbonyl (C=O) groups is 3. The van der Waals surface area contributed by atoms with E-state index in [2.05, 4.69) is 5.32 Å². The van der Waals surface area contributed by atoms with Crippen molar-refractivity contribution >= 4 is 41.1 Å². The van der Waals surface area contributed by atoms with E-state index < -0.39 is 10.8 Å². The monoisotopic (exact) mass is 455 g/mol. The summed E-state index contributed by atoms with van der Waals surface area (Å²) in [6.07, 6.45) is 2.67. The molecule has 0 aromatic heterocycles. The van der Waals surface area contributed by atoms with Gasteiger partial charge in [-0.2, -0.15) is 0 Å². The Morgan fingerprint density at radius 1 is 1.06 bits per heavy atom. The van der Waals surface area contributed by atoms with Gasteiger partial charge in [0.15, 0.2) is 6.29 Å². The normalized spacial score (nSPS) is 19.5. The highest BCUT2D eigenvalue weighted by Gasteiger charge is 2.32. The summed E-state index contributed by atoms with van der Waals surface area (Å²) in [7, 11) is 0. The van der Waals surface area contributed by atoms with Crippen molar-refractivity contribution in [1.29, 1.82) is 0 Å². The number of hydrogen-bond acceptors (Lipinski definition) is 6. The maximum atomic E-state index is 12.3. The van der Waals surface area contributed by atoms with Crippen molar-refractivity contribution < 1.29 is 19.3 Å². The number of anilines is 1. The molecule has 1 atom stereocenters. The smallest absolute Gasteiger partial charge is 0.302 e. The van der Waals surface area contributed by atoms with Gasteiger partial charge in [-0.3, -0.25) is 29.8 Å². The maximum Gasteiger partial charge on any atom is 0.302 e. The Morgan fingerprint density at radius 3 is 2.41 bits per heavy atom. The van der Waals surface area contributed by atoms with Crippen LogP contribution in [-0.4, -0.2) is 36.1 Å². The van der Waals surface area contributed by atoms with E-state index in [9.17, 15) is 24.5 Å². The Kier molecular flexibility index (Phi) is 6.23. The summed E-state index contributed by atoms with van der Waals surface area (Å²) in [5.74, 6) is -0.898. The molecule has 2 aliphatic rings. The lowest BCUT2D eigenvalue weighted by atomic mass is 9.84. The maximum absolute atomic E-state index is 12.3. The third-order valence-corrected chi connectivity index (χ3v) is 6.74. The van der Waals surface area contributed by atoms with Gasteiger partial charge in [0.2, 0.25) is 11.8 Å². The Labute approximate surface area is 189 Å². The Hall–Kier alpha value is -3.26. The van der Waals surface area contributed by atoms with E-state index in [1.54, 1.807) is 12.1 Å². The average molecular weight is 456 g/mol. The minimum atomic E-state index is -0.508. The van der Waals surface area contributed by atoms with E-state index in [-0.39, 0.29) is 35.4 Å². The van der Waals surface area contributed by atoms with E-state index >= 15 is 0 Å². The fourth-order valence-corrected chi connectivity index (χ4v) is 5.08. The average Bonchev–Trinajstić information content (AvgIpc) is 2.79. The molecule has 2 aliphatic heterocycles. The first-order chi connectivity index (χ1) is 15.4. The number of para-hydroxylation sites is 1. The molecule has 0 spiro atoms. The number of benzene rings is 2. The SMILES string of the molecule is O=Cc1cccc(N2CCC(c3cccc(C4CCC(=O)NC4=O)c3Cl)CC2)c1[N+](=O)[O-]. The molecule has 2 saturated heterocycles. The molecule has 0 radical (unpaired) electrons. The van der Waals surface area contributed by atoms with Crippen LogP contribution in [0.3, 0.4) is 0 Å². The molecule has 0 bridgehead atoms. The van der Waals surface area contributed by atoms with Crippen LogP contribution in [0.25, 0.3) is 0 Å². The first kappa shape index (κ1) is 22.0. The molecule has 1 N–H and O–H groups in total. The van der Waals surface area contributed by atoms with Crippen molar-refractivity contribution in [3.63, 3.8) is 0 Å². The van der Waals surface area contributed by atoms with E-state index in [0.29, 0.717) is 36.5 Å². The van der Waals surface area contributed by atoms with E-state index in [1.807, 2.05) is 23.1 Å². The Balaban J connectivity index is 1.54. The van der Waals surface area contributed by atoms with Crippen LogP contribution in [0.5, 0.6) is 0 Å². The van der Waals surface area contributed by atoms with Gasteiger partial charge in [-0.15, -0.1) is 0 Å². The second kappa shape index (κ2) is 9.08. The number of nitro benzene ring substituents is 1. The molecule has 1 unspecified atom stereocenters. The number of aldehydes is 1. The van der Waals surface area contributed by atoms with Gasteiger partial charge in [0, 0.05) is 24.5 Å². The van der Waals surface area contributed by atoms with Crippen molar-refractivity contribution in [3.05, 3.63) is 68.2 Å². The molecular weight excluding hydrogens is 434 g/mol. The zero-order valence-electron chi connectivity index (χ0n) is 17.3. The van der Waals surface area contributed by atoms with Crippen molar-refractivity contribution in [1.82, 2.24) is 5.32 Å². The highest BCUT2D eigenvalue weighted by molar-refractivity contribution is 6.32. The standard InChI is InChI=1S/C23H22ClN3O5/c24-21-16(4-2-5-17(21)18-7-8-20(29)25-23(18)30)14-9-11-26(12-10-14)19-6-1-3-15(13-28)22(19)27(31)32/h1-6,13-14,18H,7-12H2,(H,25,29,30). The number of nitrogens with one attached hydrogen (secondary N) is 1.